The van der Waals surface area contributed by atoms with Crippen molar-refractivity contribution in [3.63, 3.8) is 0 Å². The molecule has 2 aromatic rings. The van der Waals surface area contributed by atoms with Gasteiger partial charge in [-0.1, -0.05) is 36.4 Å². The molecule has 1 saturated heterocycles. The van der Waals surface area contributed by atoms with Crippen LogP contribution < -0.4 is 5.32 Å². The van der Waals surface area contributed by atoms with Gasteiger partial charge in [0.15, 0.2) is 11.6 Å². The number of benzene rings is 1. The first-order valence-corrected chi connectivity index (χ1v) is 10.5. The quantitative estimate of drug-likeness (QED) is 0.576. The molecule has 158 valence electrons. The van der Waals surface area contributed by atoms with E-state index in [4.69, 9.17) is 0 Å². The van der Waals surface area contributed by atoms with Crippen LogP contribution in [0, 0.1) is 30.6 Å². The van der Waals surface area contributed by atoms with Crippen LogP contribution in [0.2, 0.25) is 0 Å². The van der Waals surface area contributed by atoms with Crippen molar-refractivity contribution in [1.82, 2.24) is 9.88 Å². The summed E-state index contributed by atoms with van der Waals surface area (Å²) in [5.41, 5.74) is 1.67. The molecule has 5 rings (SSSR count). The molecule has 2 aliphatic carbocycles. The summed E-state index contributed by atoms with van der Waals surface area (Å²) in [5, 5.41) is 12.5. The monoisotopic (exact) mass is 417 g/mol. The van der Waals surface area contributed by atoms with Crippen LogP contribution in [0.5, 0.6) is 5.75 Å². The molecule has 0 radical (unpaired) electrons. The Morgan fingerprint density at radius 2 is 1.81 bits per heavy atom. The van der Waals surface area contributed by atoms with E-state index in [2.05, 4.69) is 22.5 Å². The highest BCUT2D eigenvalue weighted by molar-refractivity contribution is 6.07. The van der Waals surface area contributed by atoms with E-state index in [9.17, 15) is 19.5 Å². The highest BCUT2D eigenvalue weighted by atomic mass is 16.3. The van der Waals surface area contributed by atoms with E-state index in [0.29, 0.717) is 0 Å². The molecule has 1 saturated carbocycles. The Morgan fingerprint density at radius 3 is 2.45 bits per heavy atom. The lowest BCUT2D eigenvalue weighted by Gasteiger charge is -2.29. The fraction of sp³-hybridized carbons (Fsp3) is 0.333. The number of anilines is 1. The van der Waals surface area contributed by atoms with E-state index < -0.39 is 11.9 Å². The molecule has 1 aromatic heterocycles. The third-order valence-electron chi connectivity index (χ3n) is 6.79. The average molecular weight is 417 g/mol. The van der Waals surface area contributed by atoms with Gasteiger partial charge in [-0.15, -0.1) is 0 Å². The Hall–Kier alpha value is -3.48. The molecule has 2 N–H and O–H groups in total. The Morgan fingerprint density at radius 1 is 1.13 bits per heavy atom. The average Bonchev–Trinajstić information content (AvgIpc) is 3.43. The van der Waals surface area contributed by atoms with Gasteiger partial charge in [0.1, 0.15) is 0 Å². The summed E-state index contributed by atoms with van der Waals surface area (Å²) in [6, 6.07) is 9.76. The topological polar surface area (TPSA) is 99.6 Å². The number of nitrogens with zero attached hydrogens (tertiary/aromatic N) is 2. The van der Waals surface area contributed by atoms with E-state index >= 15 is 0 Å². The summed E-state index contributed by atoms with van der Waals surface area (Å²) in [7, 11) is 0. The van der Waals surface area contributed by atoms with Gasteiger partial charge >= 0.3 is 0 Å². The van der Waals surface area contributed by atoms with E-state index in [1.165, 1.54) is 17.2 Å². The molecule has 0 spiro atoms. The van der Waals surface area contributed by atoms with Crippen LogP contribution >= 0.6 is 0 Å². The maximum Gasteiger partial charge on any atom is 0.234 e. The fourth-order valence-corrected chi connectivity index (χ4v) is 5.39. The molecule has 5 unspecified atom stereocenters. The first kappa shape index (κ1) is 19.5. The Bertz CT molecular complexity index is 1080. The minimum Gasteiger partial charge on any atom is -0.504 e. The Labute approximate surface area is 179 Å². The van der Waals surface area contributed by atoms with Crippen LogP contribution in [0.1, 0.15) is 30.0 Å². The second kappa shape index (κ2) is 7.34. The zero-order valence-corrected chi connectivity index (χ0v) is 17.1. The highest BCUT2D eigenvalue weighted by Gasteiger charge is 2.60. The van der Waals surface area contributed by atoms with Gasteiger partial charge in [0.05, 0.1) is 24.3 Å². The van der Waals surface area contributed by atoms with Gasteiger partial charge in [-0.2, -0.15) is 0 Å². The maximum absolute atomic E-state index is 13.4. The number of aromatic nitrogens is 1. The largest absolute Gasteiger partial charge is 0.504 e. The lowest BCUT2D eigenvalue weighted by molar-refractivity contribution is -0.144. The van der Waals surface area contributed by atoms with E-state index in [1.54, 1.807) is 6.07 Å². The standard InChI is InChI=1S/C24H23N3O4/c1-13-5-2-3-6-16(13)17(12-19(29)26-22-18(28)7-4-10-25-22)27-23(30)20-14-8-9-15(11-14)21(20)24(27)31/h2-10,14-15,17,20-21,28H,11-12H2,1H3,(H,25,26,29). The molecule has 7 heteroatoms. The lowest BCUT2D eigenvalue weighted by Crippen LogP contribution is -2.38. The molecule has 7 nitrogen and oxygen atoms in total. The zero-order valence-electron chi connectivity index (χ0n) is 17.1. The number of likely N-dealkylation sites (tertiary alicyclic amines) is 1. The predicted molar refractivity (Wildman–Crippen MR) is 113 cm³/mol. The van der Waals surface area contributed by atoms with Gasteiger partial charge in [-0.3, -0.25) is 19.3 Å². The smallest absolute Gasteiger partial charge is 0.234 e. The molecule has 2 bridgehead atoms. The van der Waals surface area contributed by atoms with Crippen LogP contribution in [-0.2, 0) is 14.4 Å². The summed E-state index contributed by atoms with van der Waals surface area (Å²) < 4.78 is 0. The van der Waals surface area contributed by atoms with E-state index in [1.807, 2.05) is 31.2 Å². The van der Waals surface area contributed by atoms with Crippen LogP contribution in [0.25, 0.3) is 0 Å². The number of carbonyl (C=O) groups excluding carboxylic acids is 3. The number of rotatable bonds is 5. The molecule has 2 heterocycles. The number of hydrogen-bond acceptors (Lipinski definition) is 5. The molecule has 2 fully saturated rings. The molecular weight excluding hydrogens is 394 g/mol. The first-order valence-electron chi connectivity index (χ1n) is 10.5. The summed E-state index contributed by atoms with van der Waals surface area (Å²) in [5.74, 6) is -1.33. The zero-order chi connectivity index (χ0) is 21.7. The van der Waals surface area contributed by atoms with Crippen molar-refractivity contribution < 1.29 is 19.5 Å². The fourth-order valence-electron chi connectivity index (χ4n) is 5.39. The number of allylic oxidation sites excluding steroid dienone is 2. The Kier molecular flexibility index (Phi) is 4.61. The number of fused-ring (bicyclic) bond motifs is 5. The van der Waals surface area contributed by atoms with E-state index in [-0.39, 0.29) is 53.5 Å². The minimum absolute atomic E-state index is 0.0502. The van der Waals surface area contributed by atoms with Gasteiger partial charge in [0, 0.05) is 6.20 Å². The summed E-state index contributed by atoms with van der Waals surface area (Å²) in [4.78, 5) is 45.0. The lowest BCUT2D eigenvalue weighted by atomic mass is 9.85. The molecule has 1 aliphatic heterocycles. The normalized spacial score (nSPS) is 26.9. The third-order valence-corrected chi connectivity index (χ3v) is 6.79. The SMILES string of the molecule is Cc1ccccc1C(CC(=O)Nc1ncccc1O)N1C(=O)C2C3C=CC(C3)C2C1=O. The third kappa shape index (κ3) is 3.12. The number of amides is 3. The van der Waals surface area contributed by atoms with Crippen molar-refractivity contribution in [3.05, 3.63) is 65.9 Å². The number of carbonyl (C=O) groups is 3. The summed E-state index contributed by atoms with van der Waals surface area (Å²) in [6.45, 7) is 1.90. The van der Waals surface area contributed by atoms with Gasteiger partial charge in [0.25, 0.3) is 0 Å². The van der Waals surface area contributed by atoms with Gasteiger partial charge in [0.2, 0.25) is 17.7 Å². The first-order chi connectivity index (χ1) is 15.0. The summed E-state index contributed by atoms with van der Waals surface area (Å²) in [6.07, 6.45) is 6.32. The van der Waals surface area contributed by atoms with Crippen molar-refractivity contribution in [3.8, 4) is 5.75 Å². The second-order valence-corrected chi connectivity index (χ2v) is 8.54. The molecule has 3 amide bonds. The number of aryl methyl sites for hydroxylation is 1. The molecule has 5 atom stereocenters. The molecular formula is C24H23N3O4. The van der Waals surface area contributed by atoms with E-state index in [0.717, 1.165) is 17.5 Å². The number of aromatic hydroxyl groups is 1. The van der Waals surface area contributed by atoms with Gasteiger partial charge in [-0.05, 0) is 48.4 Å². The predicted octanol–water partition coefficient (Wildman–Crippen LogP) is 2.97. The number of pyridine rings is 1. The number of nitrogens with one attached hydrogen (secondary N) is 1. The number of hydrogen-bond donors (Lipinski definition) is 2. The van der Waals surface area contributed by atoms with Crippen LogP contribution in [-0.4, -0.2) is 32.7 Å². The van der Waals surface area contributed by atoms with Crippen LogP contribution in [0.15, 0.2) is 54.7 Å². The highest BCUT2D eigenvalue weighted by Crippen LogP contribution is 2.54. The number of imide groups is 1. The van der Waals surface area contributed by atoms with Crippen molar-refractivity contribution in [2.24, 2.45) is 23.7 Å². The minimum atomic E-state index is -0.711. The summed E-state index contributed by atoms with van der Waals surface area (Å²) >= 11 is 0. The van der Waals surface area contributed by atoms with Gasteiger partial charge < -0.3 is 10.4 Å². The maximum atomic E-state index is 13.4. The van der Waals surface area contributed by atoms with Crippen molar-refractivity contribution in [2.75, 3.05) is 5.32 Å². The molecule has 1 aromatic carbocycles. The van der Waals surface area contributed by atoms with Gasteiger partial charge in [-0.25, -0.2) is 4.98 Å². The van der Waals surface area contributed by atoms with Crippen LogP contribution in [0.3, 0.4) is 0 Å². The Balaban J connectivity index is 1.47. The van der Waals surface area contributed by atoms with Crippen LogP contribution in [0.4, 0.5) is 5.82 Å². The molecule has 3 aliphatic rings. The van der Waals surface area contributed by atoms with Crippen molar-refractivity contribution in [2.45, 2.75) is 25.8 Å². The van der Waals surface area contributed by atoms with Crippen molar-refractivity contribution in [1.29, 1.82) is 0 Å². The second-order valence-electron chi connectivity index (χ2n) is 8.54. The van der Waals surface area contributed by atoms with Crippen molar-refractivity contribution >= 4 is 23.5 Å². The molecule has 31 heavy (non-hydrogen) atoms.